The lowest BCUT2D eigenvalue weighted by Crippen LogP contribution is -2.21. The van der Waals surface area contributed by atoms with E-state index in [-0.39, 0.29) is 18.0 Å². The van der Waals surface area contributed by atoms with Crippen LogP contribution in [0.15, 0.2) is 48.5 Å². The molecule has 3 rings (SSSR count). The third-order valence-corrected chi connectivity index (χ3v) is 4.87. The maximum Gasteiger partial charge on any atom is 0.328 e. The van der Waals surface area contributed by atoms with Crippen molar-refractivity contribution < 1.29 is 14.3 Å². The fourth-order valence-corrected chi connectivity index (χ4v) is 3.21. The summed E-state index contributed by atoms with van der Waals surface area (Å²) in [7, 11) is 1.58. The number of fused-ring (bicyclic) bond motifs is 1. The Bertz CT molecular complexity index is 952. The van der Waals surface area contributed by atoms with E-state index in [0.29, 0.717) is 6.61 Å². The summed E-state index contributed by atoms with van der Waals surface area (Å²) in [5, 5.41) is 0. The average molecular weight is 380 g/mol. The highest BCUT2D eigenvalue weighted by atomic mass is 16.6. The second-order valence-electron chi connectivity index (χ2n) is 7.96. The molecule has 0 aliphatic heterocycles. The Hall–Kier alpha value is -2.66. The van der Waals surface area contributed by atoms with Crippen molar-refractivity contribution in [2.24, 2.45) is 0 Å². The molecular weight excluding hydrogens is 352 g/mol. The zero-order valence-electron chi connectivity index (χ0n) is 17.2. The first-order valence-corrected chi connectivity index (χ1v) is 9.56. The van der Waals surface area contributed by atoms with Crippen LogP contribution >= 0.6 is 0 Å². The summed E-state index contributed by atoms with van der Waals surface area (Å²) in [4.78, 5) is 17.4. The molecular formula is C23H28N2O3. The van der Waals surface area contributed by atoms with Crippen LogP contribution in [0.4, 0.5) is 0 Å². The van der Waals surface area contributed by atoms with Gasteiger partial charge in [0.05, 0.1) is 17.6 Å². The van der Waals surface area contributed by atoms with Gasteiger partial charge in [-0.25, -0.2) is 9.78 Å². The van der Waals surface area contributed by atoms with Gasteiger partial charge in [-0.2, -0.15) is 0 Å². The zero-order chi connectivity index (χ0) is 20.3. The van der Waals surface area contributed by atoms with Gasteiger partial charge >= 0.3 is 5.97 Å². The molecule has 3 aromatic rings. The molecule has 0 bridgehead atoms. The van der Waals surface area contributed by atoms with Gasteiger partial charge in [0.1, 0.15) is 18.5 Å². The van der Waals surface area contributed by atoms with Crippen molar-refractivity contribution in [2.45, 2.75) is 39.2 Å². The van der Waals surface area contributed by atoms with E-state index in [9.17, 15) is 4.79 Å². The number of carbonyl (C=O) groups is 1. The van der Waals surface area contributed by atoms with E-state index in [1.807, 2.05) is 35.8 Å². The second kappa shape index (κ2) is 8.15. The number of benzene rings is 2. The van der Waals surface area contributed by atoms with Gasteiger partial charge in [-0.1, -0.05) is 57.2 Å². The van der Waals surface area contributed by atoms with E-state index in [2.05, 4.69) is 45.0 Å². The smallest absolute Gasteiger partial charge is 0.328 e. The van der Waals surface area contributed by atoms with Gasteiger partial charge < -0.3 is 14.0 Å². The molecule has 1 heterocycles. The van der Waals surface area contributed by atoms with Gasteiger partial charge in [0.2, 0.25) is 0 Å². The minimum Gasteiger partial charge on any atom is -0.462 e. The van der Waals surface area contributed by atoms with Crippen molar-refractivity contribution in [2.75, 3.05) is 20.3 Å². The first kappa shape index (κ1) is 20.1. The van der Waals surface area contributed by atoms with Crippen molar-refractivity contribution in [3.8, 4) is 11.4 Å². The topological polar surface area (TPSA) is 53.4 Å². The van der Waals surface area contributed by atoms with Crippen molar-refractivity contribution in [1.82, 2.24) is 9.55 Å². The minimum atomic E-state index is -0.499. The number of imidazole rings is 1. The predicted octanol–water partition coefficient (Wildman–Crippen LogP) is 4.75. The molecule has 0 radical (unpaired) electrons. The summed E-state index contributed by atoms with van der Waals surface area (Å²) in [6, 6.07) is 15.7. The molecule has 0 N–H and O–H groups in total. The highest BCUT2D eigenvalue weighted by Gasteiger charge is 2.24. The van der Waals surface area contributed by atoms with Gasteiger partial charge in [-0.05, 0) is 30.0 Å². The summed E-state index contributed by atoms with van der Waals surface area (Å²) in [6.07, 6.45) is 0. The monoisotopic (exact) mass is 380 g/mol. The van der Waals surface area contributed by atoms with E-state index in [0.717, 1.165) is 22.4 Å². The van der Waals surface area contributed by atoms with Crippen LogP contribution in [0.5, 0.6) is 0 Å². The van der Waals surface area contributed by atoms with Crippen LogP contribution in [-0.2, 0) is 19.7 Å². The molecule has 5 heteroatoms. The lowest BCUT2D eigenvalue weighted by Gasteiger charge is -2.20. The molecule has 0 spiro atoms. The number of esters is 1. The van der Waals surface area contributed by atoms with Crippen molar-refractivity contribution in [3.63, 3.8) is 0 Å². The molecule has 1 aromatic heterocycles. The second-order valence-corrected chi connectivity index (χ2v) is 7.96. The molecule has 0 amide bonds. The number of nitrogens with zero attached hydrogens (tertiary/aromatic N) is 2. The summed E-state index contributed by atoms with van der Waals surface area (Å²) < 4.78 is 12.3. The third-order valence-electron chi connectivity index (χ3n) is 4.87. The van der Waals surface area contributed by atoms with Crippen LogP contribution in [0.2, 0.25) is 0 Å². The molecule has 0 fully saturated rings. The number of carbonyl (C=O) groups excluding carboxylic acids is 1. The highest BCUT2D eigenvalue weighted by molar-refractivity contribution is 5.84. The van der Waals surface area contributed by atoms with Crippen LogP contribution in [0.25, 0.3) is 22.4 Å². The number of aromatic nitrogens is 2. The van der Waals surface area contributed by atoms with Crippen LogP contribution < -0.4 is 0 Å². The lowest BCUT2D eigenvalue weighted by atomic mass is 9.86. The Kier molecular flexibility index (Phi) is 5.84. The predicted molar refractivity (Wildman–Crippen MR) is 111 cm³/mol. The molecule has 1 unspecified atom stereocenters. The minimum absolute atomic E-state index is 0.0805. The summed E-state index contributed by atoms with van der Waals surface area (Å²) in [5.74, 6) is 0.464. The van der Waals surface area contributed by atoms with Crippen LogP contribution in [-0.4, -0.2) is 35.8 Å². The maximum atomic E-state index is 12.6. The van der Waals surface area contributed by atoms with Crippen LogP contribution in [0, 0.1) is 0 Å². The zero-order valence-corrected chi connectivity index (χ0v) is 17.2. The molecule has 0 saturated heterocycles. The number of hydrogen-bond donors (Lipinski definition) is 0. The number of hydrogen-bond acceptors (Lipinski definition) is 4. The van der Waals surface area contributed by atoms with Gasteiger partial charge in [0.25, 0.3) is 0 Å². The third kappa shape index (κ3) is 4.09. The van der Waals surface area contributed by atoms with Gasteiger partial charge in [0, 0.05) is 12.7 Å². The Morgan fingerprint density at radius 2 is 1.75 bits per heavy atom. The molecule has 1 atom stereocenters. The Balaban J connectivity index is 2.03. The maximum absolute atomic E-state index is 12.6. The molecule has 5 nitrogen and oxygen atoms in total. The molecule has 148 valence electrons. The highest BCUT2D eigenvalue weighted by Crippen LogP contribution is 2.31. The SMILES string of the molecule is COCCOC(=O)C(C)n1c(-c2ccc(C(C)(C)C)cc2)nc2ccccc21. The average Bonchev–Trinajstić information content (AvgIpc) is 3.06. The standard InChI is InChI=1S/C23H28N2O3/c1-16(22(26)28-15-14-27-5)25-20-9-7-6-8-19(20)24-21(25)17-10-12-18(13-11-17)23(2,3)4/h6-13,16H,14-15H2,1-5H3. The van der Waals surface area contributed by atoms with Gasteiger partial charge in [-0.3, -0.25) is 0 Å². The normalized spacial score (nSPS) is 12.9. The summed E-state index contributed by atoms with van der Waals surface area (Å²) in [6.45, 7) is 9.03. The van der Waals surface area contributed by atoms with E-state index in [1.54, 1.807) is 7.11 Å². The van der Waals surface area contributed by atoms with Crippen LogP contribution in [0.3, 0.4) is 0 Å². The van der Waals surface area contributed by atoms with Gasteiger partial charge in [0.15, 0.2) is 0 Å². The van der Waals surface area contributed by atoms with Crippen molar-refractivity contribution >= 4 is 17.0 Å². The molecule has 2 aromatic carbocycles. The summed E-state index contributed by atoms with van der Waals surface area (Å²) in [5.41, 5.74) is 4.08. The van der Waals surface area contributed by atoms with Crippen molar-refractivity contribution in [1.29, 1.82) is 0 Å². The number of para-hydroxylation sites is 2. The number of methoxy groups -OCH3 is 1. The number of ether oxygens (including phenoxy) is 2. The molecule has 0 saturated carbocycles. The fraction of sp³-hybridized carbons (Fsp3) is 0.391. The first-order chi connectivity index (χ1) is 13.3. The Morgan fingerprint density at radius 3 is 2.39 bits per heavy atom. The lowest BCUT2D eigenvalue weighted by molar-refractivity contribution is -0.148. The van der Waals surface area contributed by atoms with E-state index in [1.165, 1.54) is 5.56 Å². The van der Waals surface area contributed by atoms with E-state index < -0.39 is 6.04 Å². The van der Waals surface area contributed by atoms with E-state index >= 15 is 0 Å². The largest absolute Gasteiger partial charge is 0.462 e. The van der Waals surface area contributed by atoms with Gasteiger partial charge in [-0.15, -0.1) is 0 Å². The van der Waals surface area contributed by atoms with E-state index in [4.69, 9.17) is 14.5 Å². The molecule has 28 heavy (non-hydrogen) atoms. The quantitative estimate of drug-likeness (QED) is 0.457. The first-order valence-electron chi connectivity index (χ1n) is 9.56. The van der Waals surface area contributed by atoms with Crippen LogP contribution in [0.1, 0.15) is 39.3 Å². The summed E-state index contributed by atoms with van der Waals surface area (Å²) >= 11 is 0. The molecule has 0 aliphatic carbocycles. The Morgan fingerprint density at radius 1 is 1.07 bits per heavy atom. The Labute approximate surface area is 166 Å². The fourth-order valence-electron chi connectivity index (χ4n) is 3.21. The molecule has 0 aliphatic rings. The number of rotatable bonds is 6. The van der Waals surface area contributed by atoms with Crippen molar-refractivity contribution in [3.05, 3.63) is 54.1 Å².